The molecule has 0 aliphatic rings. The van der Waals surface area contributed by atoms with Crippen LogP contribution in [0.4, 0.5) is 0 Å². The van der Waals surface area contributed by atoms with Gasteiger partial charge in [0, 0.05) is 6.42 Å². The van der Waals surface area contributed by atoms with Crippen LogP contribution in [0, 0.1) is 25.2 Å². The second-order valence-electron chi connectivity index (χ2n) is 5.33. The second kappa shape index (κ2) is 7.51. The van der Waals surface area contributed by atoms with E-state index >= 15 is 0 Å². The van der Waals surface area contributed by atoms with Gasteiger partial charge in [-0.15, -0.1) is 0 Å². The topological polar surface area (TPSA) is 42.2 Å². The number of ether oxygens (including phenoxy) is 2. The molecule has 3 heteroatoms. The molecule has 2 aromatic carbocycles. The summed E-state index contributed by atoms with van der Waals surface area (Å²) in [5.41, 5.74) is 3.34. The Morgan fingerprint density at radius 2 is 1.86 bits per heavy atom. The van der Waals surface area contributed by atoms with Gasteiger partial charge in [-0.25, -0.2) is 0 Å². The lowest BCUT2D eigenvalue weighted by Crippen LogP contribution is -2.06. The first kappa shape index (κ1) is 15.9. The Balaban J connectivity index is 2.01. The van der Waals surface area contributed by atoms with Crippen LogP contribution in [0.25, 0.3) is 0 Å². The zero-order valence-electron chi connectivity index (χ0n) is 13.3. The van der Waals surface area contributed by atoms with Crippen molar-refractivity contribution in [1.82, 2.24) is 0 Å². The molecule has 22 heavy (non-hydrogen) atoms. The van der Waals surface area contributed by atoms with Crippen LogP contribution < -0.4 is 9.47 Å². The van der Waals surface area contributed by atoms with Gasteiger partial charge in [-0.3, -0.25) is 0 Å². The minimum Gasteiger partial charge on any atom is -0.493 e. The molecule has 0 radical (unpaired) electrons. The molecule has 3 nitrogen and oxygen atoms in total. The van der Waals surface area contributed by atoms with Crippen LogP contribution in [0.1, 0.15) is 29.0 Å². The van der Waals surface area contributed by atoms with Gasteiger partial charge in [-0.2, -0.15) is 5.26 Å². The van der Waals surface area contributed by atoms with E-state index in [-0.39, 0.29) is 5.92 Å². The highest BCUT2D eigenvalue weighted by Gasteiger charge is 2.13. The minimum atomic E-state index is -0.155. The van der Waals surface area contributed by atoms with E-state index in [0.29, 0.717) is 13.0 Å². The maximum atomic E-state index is 9.41. The Morgan fingerprint density at radius 1 is 1.09 bits per heavy atom. The second-order valence-corrected chi connectivity index (χ2v) is 5.33. The fraction of sp³-hybridized carbons (Fsp3) is 0.316. The molecule has 0 bridgehead atoms. The van der Waals surface area contributed by atoms with Gasteiger partial charge in [0.25, 0.3) is 0 Å². The van der Waals surface area contributed by atoms with E-state index < -0.39 is 0 Å². The number of aryl methyl sites for hydroxylation is 2. The average Bonchev–Trinajstić information content (AvgIpc) is 2.53. The summed E-state index contributed by atoms with van der Waals surface area (Å²) in [6.45, 7) is 4.52. The highest BCUT2D eigenvalue weighted by atomic mass is 16.5. The molecule has 0 N–H and O–H groups in total. The summed E-state index contributed by atoms with van der Waals surface area (Å²) in [6.07, 6.45) is 0.651. The van der Waals surface area contributed by atoms with Crippen LogP contribution in [0.15, 0.2) is 42.5 Å². The molecule has 0 amide bonds. The molecule has 0 fully saturated rings. The molecule has 0 spiro atoms. The summed E-state index contributed by atoms with van der Waals surface area (Å²) in [6, 6.07) is 16.2. The van der Waals surface area contributed by atoms with Crippen LogP contribution in [-0.2, 0) is 0 Å². The van der Waals surface area contributed by atoms with Gasteiger partial charge in [-0.05, 0) is 42.7 Å². The lowest BCUT2D eigenvalue weighted by Gasteiger charge is -2.14. The van der Waals surface area contributed by atoms with Gasteiger partial charge < -0.3 is 9.47 Å². The third kappa shape index (κ3) is 3.79. The number of hydrogen-bond acceptors (Lipinski definition) is 3. The molecule has 2 aromatic rings. The summed E-state index contributed by atoms with van der Waals surface area (Å²) < 4.78 is 11.1. The van der Waals surface area contributed by atoms with E-state index in [1.807, 2.05) is 56.3 Å². The van der Waals surface area contributed by atoms with Gasteiger partial charge >= 0.3 is 0 Å². The maximum Gasteiger partial charge on any atom is 0.161 e. The monoisotopic (exact) mass is 295 g/mol. The van der Waals surface area contributed by atoms with E-state index in [4.69, 9.17) is 9.47 Å². The SMILES string of the molecule is COc1cc(C)ccc1OCCC(C#N)c1ccccc1C. The van der Waals surface area contributed by atoms with Crippen molar-refractivity contribution in [3.8, 4) is 17.6 Å². The Bertz CT molecular complexity index is 673. The summed E-state index contributed by atoms with van der Waals surface area (Å²) in [5, 5.41) is 9.41. The van der Waals surface area contributed by atoms with Gasteiger partial charge in [0.05, 0.1) is 25.7 Å². The predicted molar refractivity (Wildman–Crippen MR) is 87.4 cm³/mol. The minimum absolute atomic E-state index is 0.155. The number of nitriles is 1. The Hall–Kier alpha value is -2.47. The quantitative estimate of drug-likeness (QED) is 0.793. The van der Waals surface area contributed by atoms with Crippen molar-refractivity contribution in [2.75, 3.05) is 13.7 Å². The van der Waals surface area contributed by atoms with Crippen molar-refractivity contribution >= 4 is 0 Å². The Morgan fingerprint density at radius 3 is 2.55 bits per heavy atom. The first-order valence-corrected chi connectivity index (χ1v) is 7.38. The fourth-order valence-corrected chi connectivity index (χ4v) is 2.45. The lowest BCUT2D eigenvalue weighted by molar-refractivity contribution is 0.285. The number of nitrogens with zero attached hydrogens (tertiary/aromatic N) is 1. The molecule has 1 atom stereocenters. The molecule has 0 aliphatic carbocycles. The summed E-state index contributed by atoms with van der Waals surface area (Å²) in [7, 11) is 1.63. The van der Waals surface area contributed by atoms with Crippen molar-refractivity contribution < 1.29 is 9.47 Å². The number of methoxy groups -OCH3 is 1. The van der Waals surface area contributed by atoms with Crippen molar-refractivity contribution in [2.24, 2.45) is 0 Å². The smallest absolute Gasteiger partial charge is 0.161 e. The summed E-state index contributed by atoms with van der Waals surface area (Å²) >= 11 is 0. The normalized spacial score (nSPS) is 11.5. The molecule has 0 aromatic heterocycles. The van der Waals surface area contributed by atoms with Crippen molar-refractivity contribution in [1.29, 1.82) is 5.26 Å². The first-order chi connectivity index (χ1) is 10.7. The van der Waals surface area contributed by atoms with Crippen molar-refractivity contribution in [3.05, 3.63) is 59.2 Å². The van der Waals surface area contributed by atoms with Crippen LogP contribution >= 0.6 is 0 Å². The molecule has 0 saturated carbocycles. The predicted octanol–water partition coefficient (Wildman–Crippen LogP) is 4.39. The largest absolute Gasteiger partial charge is 0.493 e. The maximum absolute atomic E-state index is 9.41. The molecule has 114 valence electrons. The van der Waals surface area contributed by atoms with Gasteiger partial charge in [-0.1, -0.05) is 30.3 Å². The fourth-order valence-electron chi connectivity index (χ4n) is 2.45. The van der Waals surface area contributed by atoms with E-state index in [1.165, 1.54) is 0 Å². The summed E-state index contributed by atoms with van der Waals surface area (Å²) in [4.78, 5) is 0. The molecule has 1 unspecified atom stereocenters. The highest BCUT2D eigenvalue weighted by Crippen LogP contribution is 2.29. The molecule has 0 saturated heterocycles. The van der Waals surface area contributed by atoms with E-state index in [2.05, 4.69) is 6.07 Å². The highest BCUT2D eigenvalue weighted by molar-refractivity contribution is 5.42. The first-order valence-electron chi connectivity index (χ1n) is 7.38. The number of hydrogen-bond donors (Lipinski definition) is 0. The third-order valence-corrected chi connectivity index (χ3v) is 3.70. The molecule has 0 heterocycles. The third-order valence-electron chi connectivity index (χ3n) is 3.70. The van der Waals surface area contributed by atoms with Gasteiger partial charge in [0.2, 0.25) is 0 Å². The molecular formula is C19H21NO2. The molecular weight excluding hydrogens is 274 g/mol. The standard InChI is InChI=1S/C19H21NO2/c1-14-8-9-18(19(12-14)21-3)22-11-10-16(13-20)17-7-5-4-6-15(17)2/h4-9,12,16H,10-11H2,1-3H3. The molecule has 0 aliphatic heterocycles. The number of rotatable bonds is 6. The zero-order valence-corrected chi connectivity index (χ0v) is 13.3. The van der Waals surface area contributed by atoms with Crippen LogP contribution in [0.2, 0.25) is 0 Å². The Labute approximate surface area is 132 Å². The van der Waals surface area contributed by atoms with Gasteiger partial charge in [0.15, 0.2) is 11.5 Å². The number of benzene rings is 2. The van der Waals surface area contributed by atoms with E-state index in [1.54, 1.807) is 7.11 Å². The van der Waals surface area contributed by atoms with Crippen molar-refractivity contribution in [3.63, 3.8) is 0 Å². The molecule has 2 rings (SSSR count). The zero-order chi connectivity index (χ0) is 15.9. The van der Waals surface area contributed by atoms with Crippen molar-refractivity contribution in [2.45, 2.75) is 26.2 Å². The van der Waals surface area contributed by atoms with Crippen LogP contribution in [0.3, 0.4) is 0 Å². The average molecular weight is 295 g/mol. The summed E-state index contributed by atoms with van der Waals surface area (Å²) in [5.74, 6) is 1.29. The lowest BCUT2D eigenvalue weighted by atomic mass is 9.94. The van der Waals surface area contributed by atoms with E-state index in [0.717, 1.165) is 28.2 Å². The van der Waals surface area contributed by atoms with Gasteiger partial charge in [0.1, 0.15) is 0 Å². The van der Waals surface area contributed by atoms with Crippen LogP contribution in [-0.4, -0.2) is 13.7 Å². The van der Waals surface area contributed by atoms with E-state index in [9.17, 15) is 5.26 Å². The van der Waals surface area contributed by atoms with Crippen LogP contribution in [0.5, 0.6) is 11.5 Å². The Kier molecular flexibility index (Phi) is 5.43.